The Labute approximate surface area is 110 Å². The molecule has 0 aromatic heterocycles. The first kappa shape index (κ1) is 13.0. The molecular formula is C13H17BrFNO. The van der Waals surface area contributed by atoms with Crippen LogP contribution in [0.1, 0.15) is 25.3 Å². The predicted molar refractivity (Wildman–Crippen MR) is 69.4 cm³/mol. The fourth-order valence-corrected chi connectivity index (χ4v) is 2.42. The van der Waals surface area contributed by atoms with E-state index in [1.54, 1.807) is 12.1 Å². The van der Waals surface area contributed by atoms with Crippen molar-refractivity contribution in [1.29, 1.82) is 0 Å². The number of rotatable bonds is 5. The lowest BCUT2D eigenvalue weighted by Gasteiger charge is -2.35. The molecule has 0 aliphatic heterocycles. The standard InChI is InChI=1S/C13H17BrFNO/c1-2-17-12-6-11(7-12)16-8-9-5-10(15)3-4-13(9)14/h3-5,11-12,16H,2,6-8H2,1H3. The Balaban J connectivity index is 1.77. The number of nitrogens with one attached hydrogen (secondary N) is 1. The molecule has 0 amide bonds. The Kier molecular flexibility index (Phi) is 4.54. The molecule has 1 saturated carbocycles. The van der Waals surface area contributed by atoms with Gasteiger partial charge in [-0.3, -0.25) is 0 Å². The Morgan fingerprint density at radius 1 is 1.47 bits per heavy atom. The summed E-state index contributed by atoms with van der Waals surface area (Å²) in [5.74, 6) is -0.189. The van der Waals surface area contributed by atoms with Gasteiger partial charge in [0, 0.05) is 23.7 Å². The van der Waals surface area contributed by atoms with Crippen molar-refractivity contribution in [3.8, 4) is 0 Å². The van der Waals surface area contributed by atoms with Gasteiger partial charge in [0.05, 0.1) is 6.10 Å². The van der Waals surface area contributed by atoms with Crippen molar-refractivity contribution in [1.82, 2.24) is 5.32 Å². The van der Waals surface area contributed by atoms with Crippen molar-refractivity contribution >= 4 is 15.9 Å². The van der Waals surface area contributed by atoms with Crippen LogP contribution in [0.25, 0.3) is 0 Å². The summed E-state index contributed by atoms with van der Waals surface area (Å²) in [6, 6.07) is 5.27. The minimum Gasteiger partial charge on any atom is -0.378 e. The van der Waals surface area contributed by atoms with E-state index < -0.39 is 0 Å². The highest BCUT2D eigenvalue weighted by atomic mass is 79.9. The molecule has 0 heterocycles. The third-order valence-corrected chi connectivity index (χ3v) is 3.86. The lowest BCUT2D eigenvalue weighted by Crippen LogP contribution is -2.45. The van der Waals surface area contributed by atoms with Crippen LogP contribution in [0, 0.1) is 5.82 Å². The van der Waals surface area contributed by atoms with E-state index in [0.717, 1.165) is 29.5 Å². The van der Waals surface area contributed by atoms with E-state index in [1.807, 2.05) is 6.92 Å². The molecule has 2 nitrogen and oxygen atoms in total. The van der Waals surface area contributed by atoms with Crippen molar-refractivity contribution in [2.24, 2.45) is 0 Å². The Morgan fingerprint density at radius 2 is 2.24 bits per heavy atom. The number of ether oxygens (including phenoxy) is 1. The van der Waals surface area contributed by atoms with Crippen LogP contribution in [0.4, 0.5) is 4.39 Å². The van der Waals surface area contributed by atoms with E-state index in [9.17, 15) is 4.39 Å². The molecule has 1 aromatic carbocycles. The van der Waals surface area contributed by atoms with Gasteiger partial charge in [-0.15, -0.1) is 0 Å². The molecule has 1 aliphatic carbocycles. The predicted octanol–water partition coefficient (Wildman–Crippen LogP) is 3.25. The second-order valence-electron chi connectivity index (χ2n) is 4.36. The first-order chi connectivity index (χ1) is 8.19. The molecule has 0 spiro atoms. The van der Waals surface area contributed by atoms with E-state index in [1.165, 1.54) is 6.07 Å². The smallest absolute Gasteiger partial charge is 0.123 e. The fourth-order valence-electron chi connectivity index (χ4n) is 2.04. The van der Waals surface area contributed by atoms with Crippen molar-refractivity contribution < 1.29 is 9.13 Å². The quantitative estimate of drug-likeness (QED) is 0.901. The van der Waals surface area contributed by atoms with E-state index in [-0.39, 0.29) is 5.82 Å². The summed E-state index contributed by atoms with van der Waals surface area (Å²) in [5, 5.41) is 3.42. The molecule has 0 bridgehead atoms. The van der Waals surface area contributed by atoms with Crippen molar-refractivity contribution in [3.05, 3.63) is 34.1 Å². The van der Waals surface area contributed by atoms with Crippen LogP contribution in [0.5, 0.6) is 0 Å². The van der Waals surface area contributed by atoms with E-state index in [0.29, 0.717) is 18.7 Å². The van der Waals surface area contributed by atoms with Crippen LogP contribution in [-0.4, -0.2) is 18.8 Å². The number of benzene rings is 1. The van der Waals surface area contributed by atoms with Gasteiger partial charge in [0.2, 0.25) is 0 Å². The zero-order valence-corrected chi connectivity index (χ0v) is 11.5. The highest BCUT2D eigenvalue weighted by Crippen LogP contribution is 2.24. The number of hydrogen-bond acceptors (Lipinski definition) is 2. The zero-order valence-electron chi connectivity index (χ0n) is 9.88. The Bertz CT molecular complexity index is 380. The topological polar surface area (TPSA) is 21.3 Å². The first-order valence-corrected chi connectivity index (χ1v) is 6.77. The maximum atomic E-state index is 13.1. The number of hydrogen-bond donors (Lipinski definition) is 1. The first-order valence-electron chi connectivity index (χ1n) is 5.98. The molecule has 17 heavy (non-hydrogen) atoms. The average molecular weight is 302 g/mol. The third kappa shape index (κ3) is 3.50. The molecule has 0 atom stereocenters. The minimum atomic E-state index is -0.189. The van der Waals surface area contributed by atoms with Crippen LogP contribution in [0.2, 0.25) is 0 Å². The van der Waals surface area contributed by atoms with Crippen LogP contribution >= 0.6 is 15.9 Å². The monoisotopic (exact) mass is 301 g/mol. The summed E-state index contributed by atoms with van der Waals surface area (Å²) in [5.41, 5.74) is 0.963. The summed E-state index contributed by atoms with van der Waals surface area (Å²) < 4.78 is 19.5. The summed E-state index contributed by atoms with van der Waals surface area (Å²) in [6.45, 7) is 3.50. The third-order valence-electron chi connectivity index (χ3n) is 3.09. The van der Waals surface area contributed by atoms with Gasteiger partial charge >= 0.3 is 0 Å². The lowest BCUT2D eigenvalue weighted by atomic mass is 9.89. The molecule has 94 valence electrons. The van der Waals surface area contributed by atoms with Gasteiger partial charge in [-0.25, -0.2) is 4.39 Å². The highest BCUT2D eigenvalue weighted by molar-refractivity contribution is 9.10. The molecule has 0 saturated heterocycles. The second-order valence-corrected chi connectivity index (χ2v) is 5.22. The van der Waals surface area contributed by atoms with Gasteiger partial charge in [-0.05, 0) is 43.5 Å². The van der Waals surface area contributed by atoms with Crippen LogP contribution < -0.4 is 5.32 Å². The molecule has 2 rings (SSSR count). The van der Waals surface area contributed by atoms with Crippen molar-refractivity contribution in [2.45, 2.75) is 38.5 Å². The SMILES string of the molecule is CCOC1CC(NCc2cc(F)ccc2Br)C1. The molecule has 4 heteroatoms. The number of halogens is 2. The van der Waals surface area contributed by atoms with Gasteiger partial charge in [0.25, 0.3) is 0 Å². The summed E-state index contributed by atoms with van der Waals surface area (Å²) in [4.78, 5) is 0. The molecule has 1 aliphatic rings. The van der Waals surface area contributed by atoms with Gasteiger partial charge in [0.1, 0.15) is 5.82 Å². The Morgan fingerprint density at radius 3 is 2.94 bits per heavy atom. The van der Waals surface area contributed by atoms with Gasteiger partial charge in [-0.2, -0.15) is 0 Å². The van der Waals surface area contributed by atoms with Gasteiger partial charge in [0.15, 0.2) is 0 Å². The largest absolute Gasteiger partial charge is 0.378 e. The normalized spacial score (nSPS) is 23.5. The Hall–Kier alpha value is -0.450. The molecule has 1 aromatic rings. The maximum Gasteiger partial charge on any atom is 0.123 e. The molecule has 1 fully saturated rings. The van der Waals surface area contributed by atoms with E-state index in [2.05, 4.69) is 21.2 Å². The highest BCUT2D eigenvalue weighted by Gasteiger charge is 2.28. The average Bonchev–Trinajstić information content (AvgIpc) is 2.26. The molecule has 0 radical (unpaired) electrons. The summed E-state index contributed by atoms with van der Waals surface area (Å²) in [6.07, 6.45) is 2.52. The van der Waals surface area contributed by atoms with E-state index in [4.69, 9.17) is 4.74 Å². The van der Waals surface area contributed by atoms with Crippen LogP contribution in [0.3, 0.4) is 0 Å². The van der Waals surface area contributed by atoms with Crippen LogP contribution in [-0.2, 0) is 11.3 Å². The summed E-state index contributed by atoms with van der Waals surface area (Å²) in [7, 11) is 0. The van der Waals surface area contributed by atoms with Crippen molar-refractivity contribution in [3.63, 3.8) is 0 Å². The maximum absolute atomic E-state index is 13.1. The van der Waals surface area contributed by atoms with E-state index >= 15 is 0 Å². The van der Waals surface area contributed by atoms with Gasteiger partial charge in [-0.1, -0.05) is 15.9 Å². The molecule has 0 unspecified atom stereocenters. The zero-order chi connectivity index (χ0) is 12.3. The lowest BCUT2D eigenvalue weighted by molar-refractivity contribution is -0.0102. The summed E-state index contributed by atoms with van der Waals surface area (Å²) >= 11 is 3.43. The van der Waals surface area contributed by atoms with Crippen molar-refractivity contribution in [2.75, 3.05) is 6.61 Å². The van der Waals surface area contributed by atoms with Gasteiger partial charge < -0.3 is 10.1 Å². The minimum absolute atomic E-state index is 0.189. The molecule has 1 N–H and O–H groups in total. The molecular weight excluding hydrogens is 285 g/mol. The van der Waals surface area contributed by atoms with Crippen LogP contribution in [0.15, 0.2) is 22.7 Å². The second kappa shape index (κ2) is 5.94. The fraction of sp³-hybridized carbons (Fsp3) is 0.538.